The zero-order valence-electron chi connectivity index (χ0n) is 15.5. The van der Waals surface area contributed by atoms with Crippen molar-refractivity contribution in [3.05, 3.63) is 90.3 Å². The van der Waals surface area contributed by atoms with Crippen LogP contribution in [0.5, 0.6) is 0 Å². The summed E-state index contributed by atoms with van der Waals surface area (Å²) in [5, 5.41) is 5.61. The van der Waals surface area contributed by atoms with Crippen LogP contribution >= 0.6 is 11.8 Å². The Bertz CT molecular complexity index is 1050. The molecular formula is C22H21N5S. The Balaban J connectivity index is 1.33. The Labute approximate surface area is 168 Å². The number of benzene rings is 2. The summed E-state index contributed by atoms with van der Waals surface area (Å²) in [7, 11) is 0. The molecule has 0 saturated heterocycles. The third-order valence-electron chi connectivity index (χ3n) is 4.88. The first-order valence-electron chi connectivity index (χ1n) is 9.56. The van der Waals surface area contributed by atoms with Gasteiger partial charge in [-0.05, 0) is 30.5 Å². The monoisotopic (exact) mass is 387 g/mol. The summed E-state index contributed by atoms with van der Waals surface area (Å²) in [5.74, 6) is 3.42. The molecule has 0 aliphatic heterocycles. The second-order valence-corrected chi connectivity index (χ2v) is 7.96. The first-order chi connectivity index (χ1) is 13.9. The van der Waals surface area contributed by atoms with Crippen molar-refractivity contribution < 1.29 is 0 Å². The molecule has 5 nitrogen and oxygen atoms in total. The maximum Gasteiger partial charge on any atom is 0.209 e. The van der Waals surface area contributed by atoms with Crippen molar-refractivity contribution in [1.82, 2.24) is 24.3 Å². The maximum atomic E-state index is 4.84. The van der Waals surface area contributed by atoms with Gasteiger partial charge in [0.25, 0.3) is 0 Å². The van der Waals surface area contributed by atoms with Gasteiger partial charge < -0.3 is 4.57 Å². The van der Waals surface area contributed by atoms with Crippen molar-refractivity contribution in [2.45, 2.75) is 36.2 Å². The first-order valence-corrected chi connectivity index (χ1v) is 10.5. The Hall–Kier alpha value is -2.86. The summed E-state index contributed by atoms with van der Waals surface area (Å²) in [6, 6.07) is 20.7. The SMILES string of the molecule is c1ccc(Cn2ccnc2CSc2nc(C3CC3)n(-c3ccccc3)n2)cc1. The van der Waals surface area contributed by atoms with Gasteiger partial charge >= 0.3 is 0 Å². The topological polar surface area (TPSA) is 48.5 Å². The Morgan fingerprint density at radius 3 is 2.46 bits per heavy atom. The number of imidazole rings is 1. The van der Waals surface area contributed by atoms with Gasteiger partial charge in [-0.2, -0.15) is 0 Å². The molecule has 1 aliphatic carbocycles. The fourth-order valence-corrected chi connectivity index (χ4v) is 4.06. The molecule has 6 heteroatoms. The van der Waals surface area contributed by atoms with Gasteiger partial charge in [-0.1, -0.05) is 60.3 Å². The number of para-hydroxylation sites is 1. The van der Waals surface area contributed by atoms with Gasteiger partial charge in [0, 0.05) is 24.9 Å². The summed E-state index contributed by atoms with van der Waals surface area (Å²) in [5.41, 5.74) is 2.35. The molecule has 2 aromatic carbocycles. The van der Waals surface area contributed by atoms with Crippen LogP contribution in [0, 0.1) is 0 Å². The zero-order valence-corrected chi connectivity index (χ0v) is 16.3. The van der Waals surface area contributed by atoms with Crippen LogP contribution in [0.25, 0.3) is 5.69 Å². The van der Waals surface area contributed by atoms with Crippen molar-refractivity contribution in [3.63, 3.8) is 0 Å². The number of nitrogens with zero attached hydrogens (tertiary/aromatic N) is 5. The molecule has 0 radical (unpaired) electrons. The lowest BCUT2D eigenvalue weighted by atomic mass is 10.2. The second kappa shape index (κ2) is 7.64. The molecule has 0 spiro atoms. The minimum absolute atomic E-state index is 0.544. The minimum atomic E-state index is 0.544. The standard InChI is InChI=1S/C22H21N5S/c1-3-7-17(8-4-1)15-26-14-13-23-20(26)16-28-22-24-21(18-11-12-18)27(25-22)19-9-5-2-6-10-19/h1-10,13-14,18H,11-12,15-16H2. The normalized spacial score (nSPS) is 13.7. The Morgan fingerprint density at radius 1 is 0.964 bits per heavy atom. The van der Waals surface area contributed by atoms with Crippen LogP contribution in [0.15, 0.2) is 78.2 Å². The van der Waals surface area contributed by atoms with E-state index in [9.17, 15) is 0 Å². The third-order valence-corrected chi connectivity index (χ3v) is 5.72. The maximum absolute atomic E-state index is 4.84. The smallest absolute Gasteiger partial charge is 0.209 e. The van der Waals surface area contributed by atoms with Gasteiger partial charge in [0.05, 0.1) is 11.4 Å². The van der Waals surface area contributed by atoms with Crippen LogP contribution in [-0.4, -0.2) is 24.3 Å². The minimum Gasteiger partial charge on any atom is -0.330 e. The summed E-state index contributed by atoms with van der Waals surface area (Å²) in [6.45, 7) is 0.829. The van der Waals surface area contributed by atoms with E-state index in [1.165, 1.54) is 18.4 Å². The van der Waals surface area contributed by atoms with E-state index in [0.717, 1.165) is 34.8 Å². The molecule has 0 atom stereocenters. The summed E-state index contributed by atoms with van der Waals surface area (Å²) in [4.78, 5) is 9.38. The van der Waals surface area contributed by atoms with Gasteiger partial charge in [0.1, 0.15) is 11.6 Å². The molecule has 5 rings (SSSR count). The highest BCUT2D eigenvalue weighted by Crippen LogP contribution is 2.40. The Morgan fingerprint density at radius 2 is 1.71 bits per heavy atom. The molecule has 140 valence electrons. The third kappa shape index (κ3) is 3.73. The van der Waals surface area contributed by atoms with E-state index in [2.05, 4.69) is 45.9 Å². The molecule has 1 saturated carbocycles. The average Bonchev–Trinajstić information content (AvgIpc) is 3.35. The van der Waals surface area contributed by atoms with Crippen molar-refractivity contribution in [2.24, 2.45) is 0 Å². The van der Waals surface area contributed by atoms with Crippen molar-refractivity contribution in [1.29, 1.82) is 0 Å². The largest absolute Gasteiger partial charge is 0.330 e. The second-order valence-electron chi connectivity index (χ2n) is 7.02. The highest BCUT2D eigenvalue weighted by Gasteiger charge is 2.30. The van der Waals surface area contributed by atoms with Crippen molar-refractivity contribution in [3.8, 4) is 5.69 Å². The highest BCUT2D eigenvalue weighted by atomic mass is 32.2. The van der Waals surface area contributed by atoms with E-state index in [1.54, 1.807) is 11.8 Å². The molecule has 1 fully saturated rings. The van der Waals surface area contributed by atoms with Gasteiger partial charge in [-0.3, -0.25) is 0 Å². The molecule has 0 N–H and O–H groups in total. The quantitative estimate of drug-likeness (QED) is 0.432. The first kappa shape index (κ1) is 17.3. The van der Waals surface area contributed by atoms with Gasteiger partial charge in [0.15, 0.2) is 0 Å². The molecule has 0 amide bonds. The summed E-state index contributed by atoms with van der Waals surface area (Å²) >= 11 is 1.65. The van der Waals surface area contributed by atoms with E-state index < -0.39 is 0 Å². The van der Waals surface area contributed by atoms with Gasteiger partial charge in [-0.25, -0.2) is 14.6 Å². The van der Waals surface area contributed by atoms with Crippen LogP contribution in [0.4, 0.5) is 0 Å². The predicted octanol–water partition coefficient (Wildman–Crippen LogP) is 4.68. The van der Waals surface area contributed by atoms with Crippen LogP contribution in [0.3, 0.4) is 0 Å². The van der Waals surface area contributed by atoms with E-state index in [4.69, 9.17) is 10.1 Å². The van der Waals surface area contributed by atoms with Crippen LogP contribution in [0.1, 0.15) is 36.0 Å². The summed E-state index contributed by atoms with van der Waals surface area (Å²) in [6.07, 6.45) is 6.31. The lowest BCUT2D eigenvalue weighted by Gasteiger charge is -2.07. The zero-order chi connectivity index (χ0) is 18.8. The molecule has 2 aromatic heterocycles. The molecule has 0 bridgehead atoms. The predicted molar refractivity (Wildman–Crippen MR) is 111 cm³/mol. The van der Waals surface area contributed by atoms with E-state index in [0.29, 0.717) is 5.92 Å². The van der Waals surface area contributed by atoms with Gasteiger partial charge in [0.2, 0.25) is 5.16 Å². The number of hydrogen-bond donors (Lipinski definition) is 0. The fourth-order valence-electron chi connectivity index (χ4n) is 3.26. The van der Waals surface area contributed by atoms with E-state index in [-0.39, 0.29) is 0 Å². The molecule has 0 unspecified atom stereocenters. The van der Waals surface area contributed by atoms with E-state index >= 15 is 0 Å². The lowest BCUT2D eigenvalue weighted by molar-refractivity contribution is 0.755. The molecular weight excluding hydrogens is 366 g/mol. The van der Waals surface area contributed by atoms with Crippen molar-refractivity contribution in [2.75, 3.05) is 0 Å². The van der Waals surface area contributed by atoms with Crippen LogP contribution in [0.2, 0.25) is 0 Å². The molecule has 28 heavy (non-hydrogen) atoms. The number of aromatic nitrogens is 5. The fraction of sp³-hybridized carbons (Fsp3) is 0.227. The molecule has 1 aliphatic rings. The van der Waals surface area contributed by atoms with E-state index in [1.807, 2.05) is 41.3 Å². The summed E-state index contributed by atoms with van der Waals surface area (Å²) < 4.78 is 4.20. The molecule has 2 heterocycles. The van der Waals surface area contributed by atoms with Crippen LogP contribution < -0.4 is 0 Å². The lowest BCUT2D eigenvalue weighted by Crippen LogP contribution is -2.03. The number of rotatable bonds is 7. The Kier molecular flexibility index (Phi) is 4.71. The molecule has 4 aromatic rings. The number of hydrogen-bond acceptors (Lipinski definition) is 4. The highest BCUT2D eigenvalue weighted by molar-refractivity contribution is 7.98. The number of thioether (sulfide) groups is 1. The van der Waals surface area contributed by atoms with Crippen LogP contribution in [-0.2, 0) is 12.3 Å². The van der Waals surface area contributed by atoms with Crippen molar-refractivity contribution >= 4 is 11.8 Å². The van der Waals surface area contributed by atoms with Gasteiger partial charge in [-0.15, -0.1) is 5.10 Å². The average molecular weight is 388 g/mol.